The summed E-state index contributed by atoms with van der Waals surface area (Å²) in [6.45, 7) is -0.394. The fraction of sp³-hybridized carbons (Fsp3) is 0.467. The van der Waals surface area contributed by atoms with Crippen LogP contribution in [0.15, 0.2) is 35.2 Å². The van der Waals surface area contributed by atoms with E-state index in [0.717, 1.165) is 4.90 Å². The molecule has 0 unspecified atom stereocenters. The number of aliphatic hydroxyl groups excluding tert-OH is 3. The van der Waals surface area contributed by atoms with Gasteiger partial charge in [0.25, 0.3) is 0 Å². The molecule has 1 aliphatic heterocycles. The Bertz CT molecular complexity index is 475. The Hall–Kier alpha value is -1.07. The van der Waals surface area contributed by atoms with Gasteiger partial charge in [-0.1, -0.05) is 35.9 Å². The summed E-state index contributed by atoms with van der Waals surface area (Å²) in [7, 11) is 0. The van der Waals surface area contributed by atoms with Crippen LogP contribution in [-0.4, -0.2) is 58.4 Å². The second kappa shape index (κ2) is 7.80. The Labute approximate surface area is 127 Å². The predicted octanol–water partition coefficient (Wildman–Crippen LogP) is 0.236. The fourth-order valence-corrected chi connectivity index (χ4v) is 3.20. The summed E-state index contributed by atoms with van der Waals surface area (Å²) in [5.41, 5.74) is -0.657. The molecule has 0 aromatic heterocycles. The smallest absolute Gasteiger partial charge is 0.136 e. The summed E-state index contributed by atoms with van der Waals surface area (Å²) in [5, 5.41) is 29.7. The summed E-state index contributed by atoms with van der Waals surface area (Å²) < 4.78 is 10.9. The van der Waals surface area contributed by atoms with Crippen LogP contribution in [0.25, 0.3) is 0 Å². The second-order valence-corrected chi connectivity index (χ2v) is 5.79. The van der Waals surface area contributed by atoms with Crippen LogP contribution in [0.3, 0.4) is 0 Å². The first-order chi connectivity index (χ1) is 10.2. The third-order valence-electron chi connectivity index (χ3n) is 3.18. The number of thioether (sulfide) groups is 1. The third kappa shape index (κ3) is 3.98. The summed E-state index contributed by atoms with van der Waals surface area (Å²) in [6.07, 6.45) is 1.23. The van der Waals surface area contributed by atoms with E-state index in [1.807, 2.05) is 30.3 Å². The van der Waals surface area contributed by atoms with Crippen LogP contribution < -0.4 is 0 Å². The van der Waals surface area contributed by atoms with E-state index < -0.39 is 29.9 Å². The molecule has 0 bridgehead atoms. The minimum absolute atomic E-state index is 0.0281. The Morgan fingerprint density at radius 3 is 2.57 bits per heavy atom. The van der Waals surface area contributed by atoms with E-state index >= 15 is 0 Å². The van der Waals surface area contributed by atoms with Gasteiger partial charge in [-0.15, -0.1) is 6.42 Å². The average molecular weight is 310 g/mol. The quantitative estimate of drug-likeness (QED) is 0.676. The van der Waals surface area contributed by atoms with Gasteiger partial charge in [0.15, 0.2) is 0 Å². The molecule has 21 heavy (non-hydrogen) atoms. The van der Waals surface area contributed by atoms with Crippen molar-refractivity contribution < 1.29 is 24.8 Å². The van der Waals surface area contributed by atoms with Crippen LogP contribution in [0.5, 0.6) is 0 Å². The van der Waals surface area contributed by atoms with E-state index in [-0.39, 0.29) is 13.2 Å². The Morgan fingerprint density at radius 2 is 1.95 bits per heavy atom. The molecular formula is C15H18O5S. The maximum Gasteiger partial charge on any atom is 0.136 e. The van der Waals surface area contributed by atoms with Gasteiger partial charge in [-0.25, -0.2) is 0 Å². The molecule has 3 N–H and O–H groups in total. The number of aliphatic hydroxyl groups is 3. The second-order valence-electron chi connectivity index (χ2n) is 4.62. The van der Waals surface area contributed by atoms with Crippen LogP contribution in [0.2, 0.25) is 0 Å². The van der Waals surface area contributed by atoms with Crippen molar-refractivity contribution in [1.29, 1.82) is 0 Å². The molecule has 1 heterocycles. The highest BCUT2D eigenvalue weighted by atomic mass is 32.2. The first-order valence-electron chi connectivity index (χ1n) is 6.56. The fourth-order valence-electron chi connectivity index (χ4n) is 2.12. The van der Waals surface area contributed by atoms with E-state index in [4.69, 9.17) is 15.9 Å². The zero-order valence-corrected chi connectivity index (χ0v) is 12.1. The summed E-state index contributed by atoms with van der Waals surface area (Å²) >= 11 is 1.30. The molecule has 1 aromatic carbocycles. The Kier molecular flexibility index (Phi) is 6.06. The number of benzene rings is 1. The van der Waals surface area contributed by atoms with Gasteiger partial charge in [-0.05, 0) is 12.1 Å². The lowest BCUT2D eigenvalue weighted by atomic mass is 10.00. The van der Waals surface area contributed by atoms with E-state index in [9.17, 15) is 15.3 Å². The standard InChI is InChI=1S/C15H18O5S/c1-2-8-19-14-12(17)11(9-16)20-15(13(14)18)21-10-6-4-3-5-7-10/h1,3-7,11-18H,8-9H2/t11-,12+,13-,14+,15+/m1/s1. The lowest BCUT2D eigenvalue weighted by Gasteiger charge is -2.41. The van der Waals surface area contributed by atoms with Gasteiger partial charge >= 0.3 is 0 Å². The molecule has 1 saturated heterocycles. The highest BCUT2D eigenvalue weighted by Crippen LogP contribution is 2.34. The van der Waals surface area contributed by atoms with Crippen LogP contribution in [0.4, 0.5) is 0 Å². The number of rotatable bonds is 5. The van der Waals surface area contributed by atoms with Gasteiger partial charge in [0.1, 0.15) is 36.5 Å². The van der Waals surface area contributed by atoms with Crippen molar-refractivity contribution in [2.45, 2.75) is 34.7 Å². The van der Waals surface area contributed by atoms with E-state index in [1.54, 1.807) is 0 Å². The van der Waals surface area contributed by atoms with E-state index in [0.29, 0.717) is 0 Å². The summed E-state index contributed by atoms with van der Waals surface area (Å²) in [5.74, 6) is 2.30. The van der Waals surface area contributed by atoms with Crippen molar-refractivity contribution >= 4 is 11.8 Å². The molecule has 1 aromatic rings. The van der Waals surface area contributed by atoms with Gasteiger partial charge < -0.3 is 24.8 Å². The molecule has 0 spiro atoms. The molecule has 5 nitrogen and oxygen atoms in total. The van der Waals surface area contributed by atoms with Gasteiger partial charge in [0.2, 0.25) is 0 Å². The van der Waals surface area contributed by atoms with Crippen LogP contribution in [0.1, 0.15) is 0 Å². The van der Waals surface area contributed by atoms with Gasteiger partial charge in [-0.2, -0.15) is 0 Å². The zero-order valence-electron chi connectivity index (χ0n) is 11.3. The topological polar surface area (TPSA) is 79.2 Å². The largest absolute Gasteiger partial charge is 0.394 e. The van der Waals surface area contributed by atoms with Crippen LogP contribution >= 0.6 is 11.8 Å². The minimum Gasteiger partial charge on any atom is -0.394 e. The molecule has 0 amide bonds. The van der Waals surface area contributed by atoms with Crippen molar-refractivity contribution in [3.8, 4) is 12.3 Å². The minimum atomic E-state index is -1.13. The van der Waals surface area contributed by atoms with Crippen molar-refractivity contribution in [2.24, 2.45) is 0 Å². The normalized spacial score (nSPS) is 32.6. The number of ether oxygens (including phenoxy) is 2. The molecule has 2 rings (SSSR count). The third-order valence-corrected chi connectivity index (χ3v) is 4.34. The molecular weight excluding hydrogens is 292 g/mol. The van der Waals surface area contributed by atoms with Crippen molar-refractivity contribution in [3.05, 3.63) is 30.3 Å². The van der Waals surface area contributed by atoms with E-state index in [2.05, 4.69) is 5.92 Å². The maximum atomic E-state index is 10.3. The summed E-state index contributed by atoms with van der Waals surface area (Å²) in [4.78, 5) is 0.908. The highest BCUT2D eigenvalue weighted by molar-refractivity contribution is 7.99. The SMILES string of the molecule is C#CCO[C@H]1[C@@H](O)[C@@H](CO)O[C@@H](Sc2ccccc2)[C@@H]1O. The van der Waals surface area contributed by atoms with E-state index in [1.165, 1.54) is 11.8 Å². The zero-order chi connectivity index (χ0) is 15.2. The maximum absolute atomic E-state index is 10.3. The highest BCUT2D eigenvalue weighted by Gasteiger charge is 2.45. The number of terminal acetylenes is 1. The molecule has 5 atom stereocenters. The molecule has 0 aliphatic carbocycles. The Morgan fingerprint density at radius 1 is 1.24 bits per heavy atom. The van der Waals surface area contributed by atoms with Crippen molar-refractivity contribution in [1.82, 2.24) is 0 Å². The van der Waals surface area contributed by atoms with Crippen LogP contribution in [0, 0.1) is 12.3 Å². The molecule has 1 aliphatic rings. The molecule has 0 saturated carbocycles. The molecule has 6 heteroatoms. The lowest BCUT2D eigenvalue weighted by Crippen LogP contribution is -2.58. The number of hydrogen-bond donors (Lipinski definition) is 3. The van der Waals surface area contributed by atoms with Gasteiger partial charge in [0, 0.05) is 4.90 Å². The van der Waals surface area contributed by atoms with Gasteiger partial charge in [0.05, 0.1) is 6.61 Å². The first kappa shape index (κ1) is 16.3. The lowest BCUT2D eigenvalue weighted by molar-refractivity contribution is -0.217. The first-order valence-corrected chi connectivity index (χ1v) is 7.44. The van der Waals surface area contributed by atoms with Crippen molar-refractivity contribution in [3.63, 3.8) is 0 Å². The molecule has 114 valence electrons. The van der Waals surface area contributed by atoms with Crippen molar-refractivity contribution in [2.75, 3.05) is 13.2 Å². The van der Waals surface area contributed by atoms with Crippen LogP contribution in [-0.2, 0) is 9.47 Å². The Balaban J connectivity index is 2.11. The monoisotopic (exact) mass is 310 g/mol. The van der Waals surface area contributed by atoms with Gasteiger partial charge in [-0.3, -0.25) is 0 Å². The number of hydrogen-bond acceptors (Lipinski definition) is 6. The summed E-state index contributed by atoms with van der Waals surface area (Å²) in [6, 6.07) is 9.42. The molecule has 0 radical (unpaired) electrons. The molecule has 1 fully saturated rings. The predicted molar refractivity (Wildman–Crippen MR) is 78.6 cm³/mol. The average Bonchev–Trinajstić information content (AvgIpc) is 2.51.